The number of rotatable bonds is 6. The molecule has 1 rings (SSSR count). The number of hydrogen-bond donors (Lipinski definition) is 3. The molecule has 118 valence electrons. The maximum atomic E-state index is 11.9. The average molecular weight is 314 g/mol. The van der Waals surface area contributed by atoms with Crippen molar-refractivity contribution in [2.24, 2.45) is 5.14 Å². The highest BCUT2D eigenvalue weighted by Gasteiger charge is 2.20. The van der Waals surface area contributed by atoms with E-state index in [0.717, 1.165) is 0 Å². The van der Waals surface area contributed by atoms with Gasteiger partial charge in [0.05, 0.1) is 12.2 Å². The average Bonchev–Trinajstić information content (AvgIpc) is 2.34. The van der Waals surface area contributed by atoms with E-state index in [9.17, 15) is 13.2 Å². The zero-order chi connectivity index (χ0) is 16.2. The predicted octanol–water partition coefficient (Wildman–Crippen LogP) is 0.267. The van der Waals surface area contributed by atoms with Crippen molar-refractivity contribution < 1.29 is 13.2 Å². The van der Waals surface area contributed by atoms with Gasteiger partial charge in [-0.3, -0.25) is 4.79 Å². The second-order valence-corrected chi connectivity index (χ2v) is 6.54. The number of hydrogen-bond acceptors (Lipinski definition) is 5. The molecular formula is C13H22N4O3S. The summed E-state index contributed by atoms with van der Waals surface area (Å²) in [5.74, 6) is -0.191. The summed E-state index contributed by atoms with van der Waals surface area (Å²) >= 11 is 0. The van der Waals surface area contributed by atoms with Crippen LogP contribution in [0.25, 0.3) is 0 Å². The van der Waals surface area contributed by atoms with E-state index in [1.807, 2.05) is 20.8 Å². The third kappa shape index (κ3) is 4.91. The van der Waals surface area contributed by atoms with Crippen molar-refractivity contribution in [3.05, 3.63) is 18.2 Å². The Balaban J connectivity index is 3.14. The van der Waals surface area contributed by atoms with Gasteiger partial charge in [-0.05, 0) is 39.0 Å². The lowest BCUT2D eigenvalue weighted by molar-refractivity contribution is -0.120. The molecule has 1 amide bonds. The number of primary sulfonamides is 1. The van der Waals surface area contributed by atoms with E-state index in [1.54, 1.807) is 17.0 Å². The number of nitrogens with one attached hydrogen (secondary N) is 1. The van der Waals surface area contributed by atoms with Gasteiger partial charge in [-0.25, -0.2) is 13.6 Å². The Morgan fingerprint density at radius 3 is 2.48 bits per heavy atom. The minimum atomic E-state index is -3.92. The van der Waals surface area contributed by atoms with E-state index in [4.69, 9.17) is 10.9 Å². The molecule has 21 heavy (non-hydrogen) atoms. The van der Waals surface area contributed by atoms with Crippen LogP contribution < -0.4 is 21.1 Å². The van der Waals surface area contributed by atoms with Crippen molar-refractivity contribution in [1.82, 2.24) is 5.32 Å². The third-order valence-electron chi connectivity index (χ3n) is 2.80. The quantitative estimate of drug-likeness (QED) is 0.651. The van der Waals surface area contributed by atoms with Crippen LogP contribution >= 0.6 is 0 Å². The number of sulfonamides is 1. The molecule has 5 N–H and O–H groups in total. The number of benzene rings is 1. The van der Waals surface area contributed by atoms with Crippen LogP contribution in [0.4, 0.5) is 11.4 Å². The van der Waals surface area contributed by atoms with Crippen LogP contribution in [0.5, 0.6) is 0 Å². The maximum Gasteiger partial charge on any atom is 0.240 e. The summed E-state index contributed by atoms with van der Waals surface area (Å²) in [6.07, 6.45) is 0. The summed E-state index contributed by atoms with van der Waals surface area (Å²) in [7, 11) is -3.92. The zero-order valence-corrected chi connectivity index (χ0v) is 13.3. The zero-order valence-electron chi connectivity index (χ0n) is 12.5. The Hall–Kier alpha value is -1.80. The van der Waals surface area contributed by atoms with Gasteiger partial charge in [-0.1, -0.05) is 0 Å². The molecule has 0 radical (unpaired) electrons. The summed E-state index contributed by atoms with van der Waals surface area (Å²) in [6.45, 7) is 6.03. The molecule has 0 saturated heterocycles. The fourth-order valence-corrected chi connectivity index (χ4v) is 2.72. The summed E-state index contributed by atoms with van der Waals surface area (Å²) in [5, 5.41) is 7.98. The number of nitrogen functional groups attached to an aromatic ring is 1. The Morgan fingerprint density at radius 1 is 1.38 bits per heavy atom. The first-order valence-electron chi connectivity index (χ1n) is 6.61. The van der Waals surface area contributed by atoms with Gasteiger partial charge < -0.3 is 16.0 Å². The molecule has 8 heteroatoms. The molecule has 1 aromatic carbocycles. The van der Waals surface area contributed by atoms with Crippen molar-refractivity contribution in [2.45, 2.75) is 31.7 Å². The summed E-state index contributed by atoms with van der Waals surface area (Å²) in [4.78, 5) is 13.4. The molecular weight excluding hydrogens is 292 g/mol. The molecule has 7 nitrogen and oxygen atoms in total. The van der Waals surface area contributed by atoms with Crippen molar-refractivity contribution in [2.75, 3.05) is 23.7 Å². The van der Waals surface area contributed by atoms with E-state index < -0.39 is 10.0 Å². The van der Waals surface area contributed by atoms with E-state index in [-0.39, 0.29) is 23.4 Å². The molecule has 0 unspecified atom stereocenters. The molecule has 0 spiro atoms. The fourth-order valence-electron chi connectivity index (χ4n) is 1.93. The van der Waals surface area contributed by atoms with Crippen LogP contribution in [0, 0.1) is 0 Å². The highest BCUT2D eigenvalue weighted by molar-refractivity contribution is 7.89. The monoisotopic (exact) mass is 314 g/mol. The Kier molecular flexibility index (Phi) is 5.56. The first-order chi connectivity index (χ1) is 9.65. The first kappa shape index (κ1) is 17.3. The van der Waals surface area contributed by atoms with Gasteiger partial charge in [0.1, 0.15) is 4.90 Å². The maximum absolute atomic E-state index is 11.9. The molecule has 0 aliphatic heterocycles. The number of anilines is 2. The normalized spacial score (nSPS) is 11.5. The topological polar surface area (TPSA) is 119 Å². The highest BCUT2D eigenvalue weighted by Crippen LogP contribution is 2.26. The smallest absolute Gasteiger partial charge is 0.240 e. The summed E-state index contributed by atoms with van der Waals surface area (Å²) < 4.78 is 23.4. The minimum Gasteiger partial charge on any atom is -0.399 e. The SMILES string of the molecule is CCN(CC(=O)NC(C)C)c1ccc(N)cc1S(N)(=O)=O. The number of carbonyl (C=O) groups is 1. The molecule has 0 atom stereocenters. The van der Waals surface area contributed by atoms with Crippen molar-refractivity contribution in [3.63, 3.8) is 0 Å². The molecule has 0 bridgehead atoms. The van der Waals surface area contributed by atoms with Crippen molar-refractivity contribution >= 4 is 27.3 Å². The third-order valence-corrected chi connectivity index (χ3v) is 3.74. The van der Waals surface area contributed by atoms with E-state index in [1.165, 1.54) is 6.07 Å². The van der Waals surface area contributed by atoms with Crippen molar-refractivity contribution in [3.8, 4) is 0 Å². The van der Waals surface area contributed by atoms with Gasteiger partial charge in [-0.2, -0.15) is 0 Å². The molecule has 0 fully saturated rings. The number of likely N-dealkylation sites (N-methyl/N-ethyl adjacent to an activating group) is 1. The Labute approximate surface area is 125 Å². The van der Waals surface area contributed by atoms with E-state index >= 15 is 0 Å². The lowest BCUT2D eigenvalue weighted by atomic mass is 10.2. The lowest BCUT2D eigenvalue weighted by Crippen LogP contribution is -2.40. The fraction of sp³-hybridized carbons (Fsp3) is 0.462. The largest absolute Gasteiger partial charge is 0.399 e. The molecule has 0 aliphatic rings. The highest BCUT2D eigenvalue weighted by atomic mass is 32.2. The molecule has 0 aliphatic carbocycles. The van der Waals surface area contributed by atoms with Crippen LogP contribution in [-0.2, 0) is 14.8 Å². The Bertz CT molecular complexity index is 614. The number of carbonyl (C=O) groups excluding carboxylic acids is 1. The minimum absolute atomic E-state index is 0.0142. The lowest BCUT2D eigenvalue weighted by Gasteiger charge is -2.25. The van der Waals surface area contributed by atoms with E-state index in [2.05, 4.69) is 5.32 Å². The second-order valence-electron chi connectivity index (χ2n) is 5.01. The molecule has 0 saturated carbocycles. The predicted molar refractivity (Wildman–Crippen MR) is 83.4 cm³/mol. The van der Waals surface area contributed by atoms with Crippen LogP contribution in [0.3, 0.4) is 0 Å². The van der Waals surface area contributed by atoms with Gasteiger partial charge in [0.25, 0.3) is 0 Å². The van der Waals surface area contributed by atoms with Crippen LogP contribution in [0.2, 0.25) is 0 Å². The molecule has 1 aromatic rings. The second kappa shape index (κ2) is 6.77. The molecule has 0 heterocycles. The Morgan fingerprint density at radius 2 is 2.00 bits per heavy atom. The number of nitrogens with two attached hydrogens (primary N) is 2. The van der Waals surface area contributed by atoms with Gasteiger partial charge in [0, 0.05) is 18.3 Å². The van der Waals surface area contributed by atoms with Gasteiger partial charge in [-0.15, -0.1) is 0 Å². The number of nitrogens with zero attached hydrogens (tertiary/aromatic N) is 1. The standard InChI is InChI=1S/C13H22N4O3S/c1-4-17(8-13(18)16-9(2)3)11-6-5-10(14)7-12(11)21(15,19)20/h5-7,9H,4,8,14H2,1-3H3,(H,16,18)(H2,15,19,20). The van der Waals surface area contributed by atoms with Gasteiger partial charge >= 0.3 is 0 Å². The van der Waals surface area contributed by atoms with Crippen molar-refractivity contribution in [1.29, 1.82) is 0 Å². The van der Waals surface area contributed by atoms with Crippen LogP contribution in [0.15, 0.2) is 23.1 Å². The van der Waals surface area contributed by atoms with Crippen LogP contribution in [-0.4, -0.2) is 33.5 Å². The van der Waals surface area contributed by atoms with E-state index in [0.29, 0.717) is 17.9 Å². The van der Waals surface area contributed by atoms with Crippen LogP contribution in [0.1, 0.15) is 20.8 Å². The molecule has 0 aromatic heterocycles. The first-order valence-corrected chi connectivity index (χ1v) is 8.16. The van der Waals surface area contributed by atoms with Gasteiger partial charge in [0.15, 0.2) is 0 Å². The summed E-state index contributed by atoms with van der Waals surface area (Å²) in [5.41, 5.74) is 6.28. The van der Waals surface area contributed by atoms with Gasteiger partial charge in [0.2, 0.25) is 15.9 Å². The number of amides is 1. The summed E-state index contributed by atoms with van der Waals surface area (Å²) in [6, 6.07) is 4.45.